The second kappa shape index (κ2) is 52.4. The summed E-state index contributed by atoms with van der Waals surface area (Å²) in [4.78, 5) is 149. The van der Waals surface area contributed by atoms with Crippen molar-refractivity contribution in [2.75, 3.05) is 90.9 Å². The Morgan fingerprint density at radius 3 is 0.987 bits per heavy atom. The Labute approximate surface area is 900 Å². The lowest BCUT2D eigenvalue weighted by atomic mass is 9.84. The summed E-state index contributed by atoms with van der Waals surface area (Å²) in [6.07, 6.45) is 11.3. The van der Waals surface area contributed by atoms with Gasteiger partial charge in [0, 0.05) is 125 Å². The fourth-order valence-electron chi connectivity index (χ4n) is 19.9. The highest BCUT2D eigenvalue weighted by molar-refractivity contribution is 7.99. The summed E-state index contributed by atoms with van der Waals surface area (Å²) in [6.45, 7) is 39.4. The molecule has 8 atom stereocenters. The molecule has 9 aromatic rings. The highest BCUT2D eigenvalue weighted by Crippen LogP contribution is 2.42. The molecule has 0 bridgehead atoms. The zero-order valence-corrected chi connectivity index (χ0v) is 93.7. The molecule has 30 heteroatoms. The van der Waals surface area contributed by atoms with E-state index in [0.717, 1.165) is 153 Å². The molecule has 14 rings (SSSR count). The lowest BCUT2D eigenvalue weighted by molar-refractivity contribution is -0.152. The molecule has 5 fully saturated rings. The number of thioether (sulfide) groups is 3. The molecule has 804 valence electrons. The molecule has 3 amide bonds. The van der Waals surface area contributed by atoms with E-state index in [1.165, 1.54) is 47.1 Å². The molecular formula is C120H147ClN4O22S3. The predicted octanol–water partition coefficient (Wildman–Crippen LogP) is 23.4. The van der Waals surface area contributed by atoms with Gasteiger partial charge in [-0.15, -0.1) is 35.3 Å². The van der Waals surface area contributed by atoms with Crippen molar-refractivity contribution in [2.24, 2.45) is 53.3 Å². The zero-order chi connectivity index (χ0) is 110. The third kappa shape index (κ3) is 31.4. The van der Waals surface area contributed by atoms with Gasteiger partial charge in [0.15, 0.2) is 45.5 Å². The molecule has 26 nitrogen and oxygen atoms in total. The number of likely N-dealkylation sites (tertiary alicyclic amines) is 4. The summed E-state index contributed by atoms with van der Waals surface area (Å²) >= 11 is 11.0. The minimum absolute atomic E-state index is 0.00253. The minimum atomic E-state index is -1.38. The largest absolute Gasteiger partial charge is 0.478 e. The van der Waals surface area contributed by atoms with Gasteiger partial charge in [0.25, 0.3) is 0 Å². The number of nitrogens with zero attached hydrogens (tertiary/aromatic N) is 4. The molecule has 5 aliphatic heterocycles. The summed E-state index contributed by atoms with van der Waals surface area (Å²) in [5.41, 5.74) is 8.69. The second-order valence-corrected chi connectivity index (χ2v) is 45.8. The number of amides is 3. The Hall–Kier alpha value is -12.0. The molecule has 5 aliphatic rings. The van der Waals surface area contributed by atoms with Crippen molar-refractivity contribution in [3.8, 4) is 28.7 Å². The van der Waals surface area contributed by atoms with E-state index in [-0.39, 0.29) is 83.1 Å². The standard InChI is InChI=1S/C32H43NO6S.C31H32ClNO6.C29H37NO5S.C28H35NO5S/c1-20(2)14-15-38-31(37)33-18-25(27(19-33)28(34)24-10-12-26(40-7)13-11-24)9-8-23-16-21(3)29(22(4)17-23)39-32(5,6)30(35)36;1-19-14-21(15-20(2)28(19)39-31(3,4)29(35)36)16-23-17-33(30(37)38-25-8-6-5-7-9-25)18-26(23)27(34)22-10-12-24(32)13-11-22;1-18-12-20(13-19(2)27(18)35-29(3,4)28(32)33)6-7-22-14-30(23-16-34-17-23)15-25(22)26(31)21-8-10-24(36-5)11-9-21;1-17-13-20(14-18(2)26(17)34-28(4,5)27(32)33)7-8-22-15-29(19(3)30)16-24(22)25(31)21-9-11-23(35-6)12-10-21/h10-13,16-17,20,25,27H,8-9,14-15,18-19H2,1-7H3,(H,35,36);5-15,23,26H,16-18H2,1-4H3,(H,35,36);8-13,22-23,25H,6-7,14-17H2,1-5H3,(H,32,33);9-14,22,24H,7-8,15-16H2,1-6H3,(H,32,33). The van der Waals surface area contributed by atoms with E-state index in [0.29, 0.717) is 108 Å². The summed E-state index contributed by atoms with van der Waals surface area (Å²) < 4.78 is 39.9. The molecule has 5 heterocycles. The number of ether oxygens (including phenoxy) is 7. The molecule has 4 N–H and O–H groups in total. The van der Waals surface area contributed by atoms with Crippen LogP contribution in [-0.4, -0.2) is 225 Å². The molecule has 0 radical (unpaired) electrons. The molecule has 0 aromatic heterocycles. The minimum Gasteiger partial charge on any atom is -0.478 e. The number of hydrogen-bond donors (Lipinski definition) is 4. The number of aliphatic carboxylic acids is 4. The third-order valence-electron chi connectivity index (χ3n) is 28.8. The lowest BCUT2D eigenvalue weighted by Gasteiger charge is -2.34. The van der Waals surface area contributed by atoms with Crippen LogP contribution < -0.4 is 23.7 Å². The Kier molecular flexibility index (Phi) is 41.3. The highest BCUT2D eigenvalue weighted by atomic mass is 35.5. The van der Waals surface area contributed by atoms with Gasteiger partial charge >= 0.3 is 36.1 Å². The summed E-state index contributed by atoms with van der Waals surface area (Å²) in [5, 5.41) is 38.3. The second-order valence-electron chi connectivity index (χ2n) is 42.7. The van der Waals surface area contributed by atoms with Crippen molar-refractivity contribution >= 4 is 112 Å². The predicted molar refractivity (Wildman–Crippen MR) is 588 cm³/mol. The number of rotatable bonds is 39. The molecular weight excluding hydrogens is 1980 g/mol. The van der Waals surface area contributed by atoms with Crippen LogP contribution in [0.15, 0.2) is 191 Å². The van der Waals surface area contributed by atoms with E-state index >= 15 is 0 Å². The smallest absolute Gasteiger partial charge is 0.415 e. The SMILES string of the molecule is CSc1ccc(C(=O)C2CN(C(=O)OCCC(C)C)CC2CCc2cc(C)c(OC(C)(C)C(=O)O)c(C)c2)cc1.CSc1ccc(C(=O)C2CN(C(C)=O)CC2CCc2cc(C)c(OC(C)(C)C(=O)O)c(C)c2)cc1.CSc1ccc(C(=O)C2CN(C3COC3)CC2CCc2cc(C)c(OC(C)(C)C(=O)O)c(C)c2)cc1.Cc1cc(CC2CN(C(=O)Oc3ccccc3)CC2C(=O)c2ccc(Cl)cc2)cc(C)c1OC(C)(C)C(=O)O. The van der Waals surface area contributed by atoms with Gasteiger partial charge in [-0.3, -0.25) is 28.9 Å². The fraction of sp³-hybridized carbons (Fsp3) is 0.458. The number of carbonyl (C=O) groups is 11. The van der Waals surface area contributed by atoms with Crippen LogP contribution in [-0.2, 0) is 59.1 Å². The number of hydrogen-bond acceptors (Lipinski definition) is 22. The summed E-state index contributed by atoms with van der Waals surface area (Å²) in [6, 6.07) is 55.5. The van der Waals surface area contributed by atoms with E-state index in [1.54, 1.807) is 119 Å². The Morgan fingerprint density at radius 1 is 0.380 bits per heavy atom. The number of ketones is 4. The van der Waals surface area contributed by atoms with Gasteiger partial charge < -0.3 is 68.3 Å². The van der Waals surface area contributed by atoms with Crippen LogP contribution in [0, 0.1) is 109 Å². The van der Waals surface area contributed by atoms with Gasteiger partial charge in [-0.05, 0) is 350 Å². The average Bonchev–Trinajstić information content (AvgIpc) is 1.67. The van der Waals surface area contributed by atoms with Crippen LogP contribution in [0.3, 0.4) is 0 Å². The Morgan fingerprint density at radius 2 is 0.673 bits per heavy atom. The monoisotopic (exact) mass is 2130 g/mol. The van der Waals surface area contributed by atoms with Crippen molar-refractivity contribution in [2.45, 2.75) is 226 Å². The van der Waals surface area contributed by atoms with Gasteiger partial charge in [0.1, 0.15) is 28.7 Å². The molecule has 5 saturated heterocycles. The number of aryl methyl sites for hydroxylation is 11. The summed E-state index contributed by atoms with van der Waals surface area (Å²) in [7, 11) is 0. The molecule has 0 spiro atoms. The number of para-hydroxylation sites is 1. The van der Waals surface area contributed by atoms with Gasteiger partial charge in [0.05, 0.1) is 25.9 Å². The van der Waals surface area contributed by atoms with Gasteiger partial charge in [0.2, 0.25) is 5.91 Å². The van der Waals surface area contributed by atoms with Crippen LogP contribution in [0.2, 0.25) is 5.02 Å². The molecule has 150 heavy (non-hydrogen) atoms. The van der Waals surface area contributed by atoms with Crippen molar-refractivity contribution in [1.29, 1.82) is 0 Å². The number of carbonyl (C=O) groups excluding carboxylic acids is 7. The fourth-order valence-corrected chi connectivity index (χ4v) is 21.2. The zero-order valence-electron chi connectivity index (χ0n) is 90.5. The van der Waals surface area contributed by atoms with Crippen molar-refractivity contribution < 1.29 is 106 Å². The van der Waals surface area contributed by atoms with E-state index in [9.17, 15) is 73.2 Å². The number of benzene rings is 9. The van der Waals surface area contributed by atoms with Crippen molar-refractivity contribution in [3.05, 3.63) is 270 Å². The van der Waals surface area contributed by atoms with Crippen molar-refractivity contribution in [3.63, 3.8) is 0 Å². The van der Waals surface area contributed by atoms with E-state index in [2.05, 4.69) is 30.9 Å². The molecule has 0 aliphatic carbocycles. The Bertz CT molecular complexity index is 6210. The van der Waals surface area contributed by atoms with E-state index in [4.69, 9.17) is 44.8 Å². The van der Waals surface area contributed by atoms with Gasteiger partial charge in [-0.1, -0.05) is 129 Å². The van der Waals surface area contributed by atoms with Crippen LogP contribution >= 0.6 is 46.9 Å². The first-order chi connectivity index (χ1) is 70.8. The number of halogens is 1. The van der Waals surface area contributed by atoms with E-state index < -0.39 is 58.3 Å². The maximum atomic E-state index is 13.6. The molecule has 8 unspecified atom stereocenters. The van der Waals surface area contributed by atoms with Crippen LogP contribution in [0.4, 0.5) is 9.59 Å². The first-order valence-corrected chi connectivity index (χ1v) is 55.3. The quantitative estimate of drug-likeness (QED) is 0.0205. The third-order valence-corrected chi connectivity index (χ3v) is 31.3. The Balaban J connectivity index is 0.000000190. The van der Waals surface area contributed by atoms with Gasteiger partial charge in [-0.2, -0.15) is 0 Å². The average molecular weight is 2130 g/mol. The van der Waals surface area contributed by atoms with Crippen LogP contribution in [0.1, 0.15) is 210 Å². The van der Waals surface area contributed by atoms with Crippen molar-refractivity contribution in [1.82, 2.24) is 19.6 Å². The highest BCUT2D eigenvalue weighted by Gasteiger charge is 2.47. The lowest BCUT2D eigenvalue weighted by Crippen LogP contribution is -2.48. The first-order valence-electron chi connectivity index (χ1n) is 51.2. The van der Waals surface area contributed by atoms with Gasteiger partial charge in [-0.25, -0.2) is 28.8 Å². The molecule has 9 aromatic carbocycles. The topological polar surface area (TPSA) is 346 Å². The first kappa shape index (κ1) is 118. The number of carboxylic acids is 4. The maximum Gasteiger partial charge on any atom is 0.415 e. The van der Waals surface area contributed by atoms with Crippen LogP contribution in [0.5, 0.6) is 28.7 Å². The molecule has 0 saturated carbocycles. The summed E-state index contributed by atoms with van der Waals surface area (Å²) in [5.74, 6) is -1.33. The number of Topliss-reactive ketones (excluding diaryl/α,β-unsaturated/α-hetero) is 4. The van der Waals surface area contributed by atoms with E-state index in [1.807, 2.05) is 189 Å². The maximum absolute atomic E-state index is 13.6. The number of carboxylic acid groups (broad SMARTS) is 4. The normalized spacial score (nSPS) is 18.2. The van der Waals surface area contributed by atoms with Crippen LogP contribution in [0.25, 0.3) is 0 Å².